The second-order valence-electron chi connectivity index (χ2n) is 6.20. The first-order valence-corrected chi connectivity index (χ1v) is 8.55. The van der Waals surface area contributed by atoms with Gasteiger partial charge in [0.25, 0.3) is 5.91 Å². The Kier molecular flexibility index (Phi) is 5.52. The number of likely N-dealkylation sites (N-methyl/N-ethyl adjacent to an activating group) is 1. The van der Waals surface area contributed by atoms with Gasteiger partial charge in [0, 0.05) is 31.9 Å². The van der Waals surface area contributed by atoms with Gasteiger partial charge >= 0.3 is 6.18 Å². The summed E-state index contributed by atoms with van der Waals surface area (Å²) in [5.74, 6) is 0.00775. The number of nitrogens with zero attached hydrogens (tertiary/aromatic N) is 4. The number of aromatic nitrogens is 2. The summed E-state index contributed by atoms with van der Waals surface area (Å²) < 4.78 is 38.8. The second-order valence-corrected chi connectivity index (χ2v) is 6.61. The van der Waals surface area contributed by atoms with E-state index in [2.05, 4.69) is 20.2 Å². The number of rotatable bonds is 3. The molecule has 1 aromatic carbocycles. The largest absolute Gasteiger partial charge is 0.417 e. The molecule has 1 fully saturated rings. The van der Waals surface area contributed by atoms with Crippen LogP contribution in [-0.4, -0.2) is 58.9 Å². The molecule has 2 aromatic rings. The summed E-state index contributed by atoms with van der Waals surface area (Å²) in [4.78, 5) is 24.4. The van der Waals surface area contributed by atoms with Crippen molar-refractivity contribution in [2.24, 2.45) is 0 Å². The van der Waals surface area contributed by atoms with E-state index in [-0.39, 0.29) is 28.1 Å². The minimum Gasteiger partial charge on any atom is -0.339 e. The molecule has 2 heterocycles. The Labute approximate surface area is 159 Å². The van der Waals surface area contributed by atoms with E-state index in [0.29, 0.717) is 13.1 Å². The number of hydrogen-bond acceptors (Lipinski definition) is 5. The van der Waals surface area contributed by atoms with Crippen molar-refractivity contribution >= 4 is 29.0 Å². The van der Waals surface area contributed by atoms with Crippen LogP contribution in [0.25, 0.3) is 0 Å². The molecule has 6 nitrogen and oxygen atoms in total. The van der Waals surface area contributed by atoms with Gasteiger partial charge in [0.15, 0.2) is 0 Å². The molecule has 0 bridgehead atoms. The van der Waals surface area contributed by atoms with Crippen LogP contribution in [0.15, 0.2) is 30.6 Å². The molecule has 0 unspecified atom stereocenters. The van der Waals surface area contributed by atoms with Gasteiger partial charge in [-0.1, -0.05) is 11.6 Å². The highest BCUT2D eigenvalue weighted by atomic mass is 35.5. The molecule has 0 atom stereocenters. The van der Waals surface area contributed by atoms with Gasteiger partial charge in [-0.2, -0.15) is 13.2 Å². The number of anilines is 2. The highest BCUT2D eigenvalue weighted by Gasteiger charge is 2.33. The molecule has 1 amide bonds. The van der Waals surface area contributed by atoms with E-state index in [1.165, 1.54) is 18.5 Å². The lowest BCUT2D eigenvalue weighted by Crippen LogP contribution is -2.47. The van der Waals surface area contributed by atoms with Crippen LogP contribution < -0.4 is 5.32 Å². The van der Waals surface area contributed by atoms with Crippen LogP contribution in [0.5, 0.6) is 0 Å². The number of carbonyl (C=O) groups is 1. The van der Waals surface area contributed by atoms with Gasteiger partial charge in [0.2, 0.25) is 0 Å². The maximum atomic E-state index is 12.9. The molecule has 1 saturated heterocycles. The summed E-state index contributed by atoms with van der Waals surface area (Å²) in [6.07, 6.45) is -1.94. The number of amides is 1. The molecule has 1 aliphatic rings. The van der Waals surface area contributed by atoms with Crippen LogP contribution in [0.2, 0.25) is 5.02 Å². The van der Waals surface area contributed by atoms with E-state index in [1.807, 2.05) is 7.05 Å². The smallest absolute Gasteiger partial charge is 0.339 e. The normalized spacial score (nSPS) is 15.7. The minimum atomic E-state index is -4.56. The Hall–Kier alpha value is -2.39. The minimum absolute atomic E-state index is 0.166. The quantitative estimate of drug-likeness (QED) is 0.858. The van der Waals surface area contributed by atoms with Gasteiger partial charge < -0.3 is 15.1 Å². The van der Waals surface area contributed by atoms with Crippen LogP contribution >= 0.6 is 11.6 Å². The number of hydrogen-bond donors (Lipinski definition) is 1. The first kappa shape index (κ1) is 19.4. The molecule has 3 rings (SSSR count). The Morgan fingerprint density at radius 2 is 1.85 bits per heavy atom. The Morgan fingerprint density at radius 3 is 2.44 bits per heavy atom. The molecule has 27 heavy (non-hydrogen) atoms. The fourth-order valence-corrected chi connectivity index (χ4v) is 2.87. The number of alkyl halides is 3. The van der Waals surface area contributed by atoms with Crippen molar-refractivity contribution in [3.8, 4) is 0 Å². The number of carbonyl (C=O) groups excluding carboxylic acids is 1. The van der Waals surface area contributed by atoms with Crippen molar-refractivity contribution in [2.45, 2.75) is 6.18 Å². The van der Waals surface area contributed by atoms with Crippen LogP contribution in [0.4, 0.5) is 24.7 Å². The molecule has 0 radical (unpaired) electrons. The monoisotopic (exact) mass is 399 g/mol. The maximum absolute atomic E-state index is 12.9. The third-order valence-electron chi connectivity index (χ3n) is 4.21. The van der Waals surface area contributed by atoms with Gasteiger partial charge in [-0.05, 0) is 25.2 Å². The summed E-state index contributed by atoms with van der Waals surface area (Å²) in [5.41, 5.74) is -0.583. The zero-order valence-corrected chi connectivity index (χ0v) is 15.2. The number of halogens is 4. The topological polar surface area (TPSA) is 61.4 Å². The van der Waals surface area contributed by atoms with E-state index < -0.39 is 11.7 Å². The standard InChI is InChI=1S/C17H17ClF3N5O/c1-25-4-6-26(7-5-25)16(27)14-9-23-15(10-22-14)24-11-2-3-13(18)12(8-11)17(19,20)21/h2-3,8-10H,4-7H2,1H3,(H,23,24). The zero-order chi connectivity index (χ0) is 19.6. The second kappa shape index (κ2) is 7.69. The molecule has 0 aliphatic carbocycles. The van der Waals surface area contributed by atoms with E-state index in [0.717, 1.165) is 25.2 Å². The first-order chi connectivity index (χ1) is 12.7. The van der Waals surface area contributed by atoms with Crippen molar-refractivity contribution in [1.82, 2.24) is 19.8 Å². The molecule has 1 aliphatic heterocycles. The molecular formula is C17H17ClF3N5O. The van der Waals surface area contributed by atoms with Gasteiger partial charge in [-0.25, -0.2) is 9.97 Å². The summed E-state index contributed by atoms with van der Waals surface area (Å²) in [6, 6.07) is 3.46. The molecular weight excluding hydrogens is 383 g/mol. The molecule has 144 valence electrons. The van der Waals surface area contributed by atoms with Gasteiger partial charge in [0.1, 0.15) is 11.5 Å². The molecule has 10 heteroatoms. The van der Waals surface area contributed by atoms with Crippen LogP contribution in [0.1, 0.15) is 16.1 Å². The Morgan fingerprint density at radius 1 is 1.15 bits per heavy atom. The number of benzene rings is 1. The highest BCUT2D eigenvalue weighted by molar-refractivity contribution is 6.31. The van der Waals surface area contributed by atoms with Gasteiger partial charge in [0.05, 0.1) is 23.0 Å². The lowest BCUT2D eigenvalue weighted by atomic mass is 10.2. The third kappa shape index (κ3) is 4.67. The van der Waals surface area contributed by atoms with Crippen molar-refractivity contribution in [3.05, 3.63) is 46.9 Å². The predicted molar refractivity (Wildman–Crippen MR) is 95.2 cm³/mol. The van der Waals surface area contributed by atoms with E-state index in [1.54, 1.807) is 4.90 Å². The van der Waals surface area contributed by atoms with Crippen molar-refractivity contribution < 1.29 is 18.0 Å². The summed E-state index contributed by atoms with van der Waals surface area (Å²) in [7, 11) is 1.99. The average molecular weight is 400 g/mol. The number of nitrogens with one attached hydrogen (secondary N) is 1. The fourth-order valence-electron chi connectivity index (χ4n) is 2.64. The van der Waals surface area contributed by atoms with Gasteiger partial charge in [-0.3, -0.25) is 4.79 Å². The van der Waals surface area contributed by atoms with Crippen molar-refractivity contribution in [2.75, 3.05) is 38.5 Å². The predicted octanol–water partition coefficient (Wildman–Crippen LogP) is 3.28. The van der Waals surface area contributed by atoms with E-state index in [4.69, 9.17) is 11.6 Å². The Bertz CT molecular complexity index is 820. The summed E-state index contributed by atoms with van der Waals surface area (Å²) in [6.45, 7) is 2.80. The van der Waals surface area contributed by atoms with Crippen molar-refractivity contribution in [3.63, 3.8) is 0 Å². The highest BCUT2D eigenvalue weighted by Crippen LogP contribution is 2.36. The maximum Gasteiger partial charge on any atom is 0.417 e. The molecule has 1 aromatic heterocycles. The molecule has 0 spiro atoms. The van der Waals surface area contributed by atoms with Crippen molar-refractivity contribution in [1.29, 1.82) is 0 Å². The van der Waals surface area contributed by atoms with Crippen LogP contribution in [0, 0.1) is 0 Å². The van der Waals surface area contributed by atoms with E-state index in [9.17, 15) is 18.0 Å². The zero-order valence-electron chi connectivity index (χ0n) is 14.4. The van der Waals surface area contributed by atoms with Crippen LogP contribution in [-0.2, 0) is 6.18 Å². The van der Waals surface area contributed by atoms with Gasteiger partial charge in [-0.15, -0.1) is 0 Å². The Balaban J connectivity index is 1.70. The molecule has 1 N–H and O–H groups in total. The van der Waals surface area contributed by atoms with E-state index >= 15 is 0 Å². The lowest BCUT2D eigenvalue weighted by molar-refractivity contribution is -0.137. The molecule has 0 saturated carbocycles. The summed E-state index contributed by atoms with van der Waals surface area (Å²) >= 11 is 5.60. The number of piperazine rings is 1. The summed E-state index contributed by atoms with van der Waals surface area (Å²) in [5, 5.41) is 2.35. The SMILES string of the molecule is CN1CCN(C(=O)c2cnc(Nc3ccc(Cl)c(C(F)(F)F)c3)cn2)CC1. The average Bonchev–Trinajstić information content (AvgIpc) is 2.63. The first-order valence-electron chi connectivity index (χ1n) is 8.17. The lowest BCUT2D eigenvalue weighted by Gasteiger charge is -2.32. The van der Waals surface area contributed by atoms with Crippen LogP contribution in [0.3, 0.4) is 0 Å². The fraction of sp³-hybridized carbons (Fsp3) is 0.353. The third-order valence-corrected chi connectivity index (χ3v) is 4.54.